The zero-order valence-corrected chi connectivity index (χ0v) is 15.1. The summed E-state index contributed by atoms with van der Waals surface area (Å²) in [5.41, 5.74) is 0.290. The third-order valence-corrected chi connectivity index (χ3v) is 4.07. The largest absolute Gasteiger partial charge is 0.462 e. The van der Waals surface area contributed by atoms with Crippen molar-refractivity contribution in [3.05, 3.63) is 34.6 Å². The highest BCUT2D eigenvalue weighted by molar-refractivity contribution is 6.30. The highest BCUT2D eigenvalue weighted by Gasteiger charge is 2.34. The van der Waals surface area contributed by atoms with Crippen LogP contribution in [0.4, 0.5) is 4.39 Å². The fourth-order valence-electron chi connectivity index (χ4n) is 2.63. The number of rotatable bonds is 3. The molecule has 0 amide bonds. The van der Waals surface area contributed by atoms with Gasteiger partial charge in [0.25, 0.3) is 6.47 Å². The Balaban J connectivity index is 0.000000351. The first-order chi connectivity index (χ1) is 11.2. The summed E-state index contributed by atoms with van der Waals surface area (Å²) < 4.78 is 18.0. The van der Waals surface area contributed by atoms with Crippen molar-refractivity contribution in [1.29, 1.82) is 5.26 Å². The normalized spacial score (nSPS) is 16.3. The Bertz CT molecular complexity index is 567. The van der Waals surface area contributed by atoms with Crippen LogP contribution in [0.1, 0.15) is 45.6 Å². The minimum Gasteiger partial charge on any atom is -0.462 e. The van der Waals surface area contributed by atoms with Crippen LogP contribution in [-0.4, -0.2) is 25.2 Å². The van der Waals surface area contributed by atoms with Gasteiger partial charge in [0.2, 0.25) is 0 Å². The molecule has 1 aliphatic rings. The summed E-state index contributed by atoms with van der Waals surface area (Å²) in [5, 5.41) is 12.6. The summed E-state index contributed by atoms with van der Waals surface area (Å²) in [6, 6.07) is 6.81. The molecule has 0 bridgehead atoms. The van der Waals surface area contributed by atoms with E-state index in [-0.39, 0.29) is 16.8 Å². The van der Waals surface area contributed by atoms with Crippen LogP contribution in [0.2, 0.25) is 5.02 Å². The molecular weight excluding hydrogens is 331 g/mol. The van der Waals surface area contributed by atoms with Gasteiger partial charge >= 0.3 is 0 Å². The average Bonchev–Trinajstić information content (AvgIpc) is 2.47. The first kappa shape index (κ1) is 20.4. The zero-order valence-electron chi connectivity index (χ0n) is 14.4. The number of benzene rings is 1. The van der Waals surface area contributed by atoms with Gasteiger partial charge < -0.3 is 10.1 Å². The summed E-state index contributed by atoms with van der Waals surface area (Å²) in [6.45, 7) is 7.63. The van der Waals surface area contributed by atoms with Gasteiger partial charge in [-0.05, 0) is 70.5 Å². The van der Waals surface area contributed by atoms with Crippen molar-refractivity contribution in [2.45, 2.75) is 51.0 Å². The topological polar surface area (TPSA) is 62.1 Å². The number of halogens is 2. The molecule has 0 aromatic heterocycles. The van der Waals surface area contributed by atoms with Crippen molar-refractivity contribution in [3.63, 3.8) is 0 Å². The summed E-state index contributed by atoms with van der Waals surface area (Å²) in [4.78, 5) is 9.60. The average molecular weight is 355 g/mol. The molecule has 2 rings (SSSR count). The molecule has 0 aliphatic carbocycles. The molecular formula is C18H24ClFN2O2. The minimum atomic E-state index is -0.330. The molecule has 0 unspecified atom stereocenters. The third kappa shape index (κ3) is 6.46. The molecule has 1 fully saturated rings. The van der Waals surface area contributed by atoms with E-state index in [0.717, 1.165) is 31.5 Å². The van der Waals surface area contributed by atoms with Crippen LogP contribution in [0.25, 0.3) is 0 Å². The Hall–Kier alpha value is -1.64. The number of nitriles is 1. The van der Waals surface area contributed by atoms with Gasteiger partial charge in [-0.2, -0.15) is 5.26 Å². The van der Waals surface area contributed by atoms with Crippen molar-refractivity contribution < 1.29 is 13.9 Å². The molecule has 1 saturated heterocycles. The molecule has 6 heteroatoms. The van der Waals surface area contributed by atoms with E-state index in [0.29, 0.717) is 17.9 Å². The highest BCUT2D eigenvalue weighted by Crippen LogP contribution is 2.37. The lowest BCUT2D eigenvalue weighted by molar-refractivity contribution is -0.138. The van der Waals surface area contributed by atoms with Crippen molar-refractivity contribution >= 4 is 18.1 Å². The fraction of sp³-hybridized carbons (Fsp3) is 0.556. The number of nitrogens with one attached hydrogen (secondary N) is 1. The van der Waals surface area contributed by atoms with Gasteiger partial charge in [0.15, 0.2) is 0 Å². The first-order valence-electron chi connectivity index (χ1n) is 7.88. The number of ether oxygens (including phenoxy) is 1. The number of nitrogens with zero attached hydrogens (tertiary/aromatic N) is 1. The van der Waals surface area contributed by atoms with E-state index in [9.17, 15) is 9.18 Å². The quantitative estimate of drug-likeness (QED) is 0.834. The Morgan fingerprint density at radius 3 is 2.42 bits per heavy atom. The van der Waals surface area contributed by atoms with E-state index in [1.807, 2.05) is 20.8 Å². The van der Waals surface area contributed by atoms with Crippen LogP contribution in [0.15, 0.2) is 18.2 Å². The standard InChI is InChI=1S/C13H14ClFN2.C5H10O2/c14-11-7-10(8-12(15)9-11)13(1-4-16)2-5-17-6-3-13;1-5(2,3)7-4-6/h7-9,17H,1-3,5-6H2;4H,1-3H3. The molecule has 24 heavy (non-hydrogen) atoms. The molecule has 0 radical (unpaired) electrons. The van der Waals surface area contributed by atoms with Crippen molar-refractivity contribution in [2.24, 2.45) is 0 Å². The molecule has 1 aromatic carbocycles. The van der Waals surface area contributed by atoms with Gasteiger partial charge in [-0.1, -0.05) is 11.6 Å². The molecule has 1 aliphatic heterocycles. The van der Waals surface area contributed by atoms with Gasteiger partial charge in [-0.3, -0.25) is 4.79 Å². The summed E-state index contributed by atoms with van der Waals surface area (Å²) >= 11 is 5.89. The third-order valence-electron chi connectivity index (χ3n) is 3.85. The van der Waals surface area contributed by atoms with E-state index >= 15 is 0 Å². The lowest BCUT2D eigenvalue weighted by Crippen LogP contribution is -2.39. The van der Waals surface area contributed by atoms with Gasteiger partial charge in [0.05, 0.1) is 6.07 Å². The van der Waals surface area contributed by atoms with Gasteiger partial charge in [-0.25, -0.2) is 4.39 Å². The molecule has 4 nitrogen and oxygen atoms in total. The SMILES string of the molecule is CC(C)(C)OC=O.N#CCC1(c2cc(F)cc(Cl)c2)CCNCC1. The summed E-state index contributed by atoms with van der Waals surface area (Å²) in [5.74, 6) is -0.330. The molecule has 1 aromatic rings. The second-order valence-corrected chi connectivity index (χ2v) is 7.29. The molecule has 0 spiro atoms. The molecule has 1 heterocycles. The Morgan fingerprint density at radius 2 is 2.00 bits per heavy atom. The second-order valence-electron chi connectivity index (χ2n) is 6.85. The van der Waals surface area contributed by atoms with Crippen molar-refractivity contribution in [2.75, 3.05) is 13.1 Å². The van der Waals surface area contributed by atoms with Crippen LogP contribution in [0.3, 0.4) is 0 Å². The minimum absolute atomic E-state index is 0.244. The van der Waals surface area contributed by atoms with Gasteiger partial charge in [-0.15, -0.1) is 0 Å². The van der Waals surface area contributed by atoms with Gasteiger partial charge in [0.1, 0.15) is 11.4 Å². The number of hydrogen-bond acceptors (Lipinski definition) is 4. The predicted octanol–water partition coefficient (Wildman–Crippen LogP) is 3.97. The van der Waals surface area contributed by atoms with E-state index < -0.39 is 0 Å². The maximum atomic E-state index is 13.4. The zero-order chi connectivity index (χ0) is 18.2. The fourth-order valence-corrected chi connectivity index (χ4v) is 2.85. The second kappa shape index (κ2) is 9.00. The van der Waals surface area contributed by atoms with Gasteiger partial charge in [0, 0.05) is 16.9 Å². The maximum Gasteiger partial charge on any atom is 0.293 e. The maximum absolute atomic E-state index is 13.4. The van der Waals surface area contributed by atoms with E-state index in [2.05, 4.69) is 16.1 Å². The Morgan fingerprint density at radius 1 is 1.38 bits per heavy atom. The lowest BCUT2D eigenvalue weighted by atomic mass is 9.71. The van der Waals surface area contributed by atoms with Crippen LogP contribution in [-0.2, 0) is 14.9 Å². The monoisotopic (exact) mass is 354 g/mol. The predicted molar refractivity (Wildman–Crippen MR) is 92.3 cm³/mol. The molecule has 1 N–H and O–H groups in total. The smallest absolute Gasteiger partial charge is 0.293 e. The van der Waals surface area contributed by atoms with E-state index in [1.54, 1.807) is 6.07 Å². The molecule has 132 valence electrons. The number of carbonyl (C=O) groups is 1. The highest BCUT2D eigenvalue weighted by atomic mass is 35.5. The first-order valence-corrected chi connectivity index (χ1v) is 8.26. The van der Waals surface area contributed by atoms with E-state index in [1.165, 1.54) is 12.1 Å². The van der Waals surface area contributed by atoms with Crippen LogP contribution in [0, 0.1) is 17.1 Å². The number of hydrogen-bond donors (Lipinski definition) is 1. The van der Waals surface area contributed by atoms with Crippen molar-refractivity contribution in [1.82, 2.24) is 5.32 Å². The van der Waals surface area contributed by atoms with Crippen LogP contribution >= 0.6 is 11.6 Å². The Kier molecular flexibility index (Phi) is 7.65. The number of piperidine rings is 1. The van der Waals surface area contributed by atoms with Crippen LogP contribution in [0.5, 0.6) is 0 Å². The lowest BCUT2D eigenvalue weighted by Gasteiger charge is -2.36. The van der Waals surface area contributed by atoms with Crippen LogP contribution < -0.4 is 5.32 Å². The number of carbonyl (C=O) groups excluding carboxylic acids is 1. The summed E-state index contributed by atoms with van der Waals surface area (Å²) in [7, 11) is 0. The molecule has 0 saturated carbocycles. The summed E-state index contributed by atoms with van der Waals surface area (Å²) in [6.07, 6.45) is 2.11. The molecule has 0 atom stereocenters. The van der Waals surface area contributed by atoms with Crippen molar-refractivity contribution in [3.8, 4) is 6.07 Å². The Labute approximate surface area is 147 Å². The van der Waals surface area contributed by atoms with E-state index in [4.69, 9.17) is 16.9 Å².